The third-order valence-corrected chi connectivity index (χ3v) is 6.63. The largest absolute Gasteiger partial charge is 0.497 e. The molecular weight excluding hydrogens is 376 g/mol. The van der Waals surface area contributed by atoms with E-state index >= 15 is 0 Å². The lowest BCUT2D eigenvalue weighted by molar-refractivity contribution is -0.124. The van der Waals surface area contributed by atoms with Gasteiger partial charge >= 0.3 is 0 Å². The van der Waals surface area contributed by atoms with Crippen LogP contribution in [0.25, 0.3) is 0 Å². The molecule has 1 aliphatic rings. The van der Waals surface area contributed by atoms with Crippen LogP contribution in [0.15, 0.2) is 53.4 Å². The van der Waals surface area contributed by atoms with Crippen molar-refractivity contribution >= 4 is 21.6 Å². The Kier molecular flexibility index (Phi) is 5.65. The minimum Gasteiger partial charge on any atom is -0.497 e. The third kappa shape index (κ3) is 4.14. The number of benzene rings is 2. The van der Waals surface area contributed by atoms with Crippen molar-refractivity contribution in [2.75, 3.05) is 11.8 Å². The Hall–Kier alpha value is -2.54. The van der Waals surface area contributed by atoms with Crippen molar-refractivity contribution in [1.29, 1.82) is 0 Å². The molecule has 1 aliphatic carbocycles. The monoisotopic (exact) mass is 402 g/mol. The number of sulfonamides is 1. The van der Waals surface area contributed by atoms with Gasteiger partial charge in [0.15, 0.2) is 0 Å². The molecule has 2 aromatic rings. The summed E-state index contributed by atoms with van der Waals surface area (Å²) in [6.07, 6.45) is 2.51. The Balaban J connectivity index is 1.73. The van der Waals surface area contributed by atoms with Gasteiger partial charge in [-0.1, -0.05) is 19.1 Å². The molecule has 3 rings (SSSR count). The van der Waals surface area contributed by atoms with E-state index in [4.69, 9.17) is 4.74 Å². The van der Waals surface area contributed by atoms with Crippen molar-refractivity contribution in [3.05, 3.63) is 54.1 Å². The van der Waals surface area contributed by atoms with Gasteiger partial charge < -0.3 is 10.1 Å². The standard InChI is InChI=1S/C21H26N2O4S/c1-4-15(2)22-20(24)21(13-14-21)16-5-7-17(8-6-16)23-28(25,26)19-11-9-18(27-3)10-12-19/h5-12,15,23H,4,13-14H2,1-3H3,(H,22,24). The maximum Gasteiger partial charge on any atom is 0.261 e. The topological polar surface area (TPSA) is 84.5 Å². The Morgan fingerprint density at radius 2 is 1.71 bits per heavy atom. The number of hydrogen-bond acceptors (Lipinski definition) is 4. The molecule has 6 nitrogen and oxygen atoms in total. The van der Waals surface area contributed by atoms with Crippen LogP contribution in [0.3, 0.4) is 0 Å². The number of ether oxygens (including phenoxy) is 1. The van der Waals surface area contributed by atoms with Gasteiger partial charge in [-0.25, -0.2) is 8.42 Å². The first-order valence-electron chi connectivity index (χ1n) is 9.39. The highest BCUT2D eigenvalue weighted by molar-refractivity contribution is 7.92. The SMILES string of the molecule is CCC(C)NC(=O)C1(c2ccc(NS(=O)(=O)c3ccc(OC)cc3)cc2)CC1. The Morgan fingerprint density at radius 1 is 1.11 bits per heavy atom. The third-order valence-electron chi connectivity index (χ3n) is 5.23. The van der Waals surface area contributed by atoms with E-state index < -0.39 is 15.4 Å². The lowest BCUT2D eigenvalue weighted by atomic mass is 9.94. The zero-order valence-electron chi connectivity index (χ0n) is 16.4. The number of anilines is 1. The first-order valence-corrected chi connectivity index (χ1v) is 10.9. The molecule has 2 N–H and O–H groups in total. The molecule has 0 bridgehead atoms. The predicted molar refractivity (Wildman–Crippen MR) is 109 cm³/mol. The first kappa shape index (κ1) is 20.2. The second-order valence-electron chi connectivity index (χ2n) is 7.22. The van der Waals surface area contributed by atoms with Crippen molar-refractivity contribution in [3.8, 4) is 5.75 Å². The Labute approximate surface area is 166 Å². The molecule has 2 aromatic carbocycles. The van der Waals surface area contributed by atoms with Crippen LogP contribution in [0.1, 0.15) is 38.7 Å². The molecule has 0 aromatic heterocycles. The van der Waals surface area contributed by atoms with Gasteiger partial charge in [0.25, 0.3) is 10.0 Å². The average Bonchev–Trinajstić information content (AvgIpc) is 3.50. The van der Waals surface area contributed by atoms with Gasteiger partial charge in [0, 0.05) is 11.7 Å². The fourth-order valence-electron chi connectivity index (χ4n) is 3.06. The van der Waals surface area contributed by atoms with Gasteiger partial charge in [-0.2, -0.15) is 0 Å². The maximum absolute atomic E-state index is 12.6. The van der Waals surface area contributed by atoms with Crippen LogP contribution in [-0.2, 0) is 20.2 Å². The highest BCUT2D eigenvalue weighted by atomic mass is 32.2. The van der Waals surface area contributed by atoms with Crippen LogP contribution in [0.5, 0.6) is 5.75 Å². The summed E-state index contributed by atoms with van der Waals surface area (Å²) in [5, 5.41) is 3.05. The highest BCUT2D eigenvalue weighted by Crippen LogP contribution is 2.48. The van der Waals surface area contributed by atoms with E-state index in [1.54, 1.807) is 24.3 Å². The molecular formula is C21H26N2O4S. The number of amides is 1. The summed E-state index contributed by atoms with van der Waals surface area (Å²) in [6, 6.07) is 13.4. The summed E-state index contributed by atoms with van der Waals surface area (Å²) in [4.78, 5) is 12.8. The second-order valence-corrected chi connectivity index (χ2v) is 8.91. The fraction of sp³-hybridized carbons (Fsp3) is 0.381. The molecule has 1 amide bonds. The Bertz CT molecular complexity index is 933. The van der Waals surface area contributed by atoms with E-state index in [1.807, 2.05) is 26.0 Å². The maximum atomic E-state index is 12.6. The molecule has 150 valence electrons. The highest BCUT2D eigenvalue weighted by Gasteiger charge is 2.51. The smallest absolute Gasteiger partial charge is 0.261 e. The van der Waals surface area contributed by atoms with E-state index in [9.17, 15) is 13.2 Å². The normalized spacial score (nSPS) is 16.1. The van der Waals surface area contributed by atoms with Crippen LogP contribution in [0, 0.1) is 0 Å². The van der Waals surface area contributed by atoms with Gasteiger partial charge in [0.1, 0.15) is 5.75 Å². The average molecular weight is 403 g/mol. The van der Waals surface area contributed by atoms with Crippen molar-refractivity contribution in [3.63, 3.8) is 0 Å². The Morgan fingerprint density at radius 3 is 2.21 bits per heavy atom. The minimum absolute atomic E-state index is 0.0495. The van der Waals surface area contributed by atoms with E-state index in [-0.39, 0.29) is 16.8 Å². The lowest BCUT2D eigenvalue weighted by Gasteiger charge is -2.19. The second kappa shape index (κ2) is 7.83. The minimum atomic E-state index is -3.69. The zero-order valence-corrected chi connectivity index (χ0v) is 17.2. The quantitative estimate of drug-likeness (QED) is 0.708. The van der Waals surface area contributed by atoms with E-state index in [0.29, 0.717) is 11.4 Å². The number of hydrogen-bond donors (Lipinski definition) is 2. The van der Waals surface area contributed by atoms with Crippen LogP contribution >= 0.6 is 0 Å². The molecule has 0 saturated heterocycles. The molecule has 1 atom stereocenters. The summed E-state index contributed by atoms with van der Waals surface area (Å²) in [7, 11) is -2.16. The molecule has 7 heteroatoms. The summed E-state index contributed by atoms with van der Waals surface area (Å²) in [5.74, 6) is 0.641. The molecule has 28 heavy (non-hydrogen) atoms. The van der Waals surface area contributed by atoms with Crippen LogP contribution in [0.4, 0.5) is 5.69 Å². The number of methoxy groups -OCH3 is 1. The van der Waals surface area contributed by atoms with Crippen LogP contribution in [0.2, 0.25) is 0 Å². The van der Waals surface area contributed by atoms with Crippen LogP contribution in [-0.4, -0.2) is 27.5 Å². The first-order chi connectivity index (χ1) is 13.3. The summed E-state index contributed by atoms with van der Waals surface area (Å²) >= 11 is 0. The molecule has 0 radical (unpaired) electrons. The molecule has 0 aliphatic heterocycles. The molecule has 0 heterocycles. The van der Waals surface area contributed by atoms with Crippen molar-refractivity contribution < 1.29 is 17.9 Å². The van der Waals surface area contributed by atoms with Gasteiger partial charge in [-0.15, -0.1) is 0 Å². The zero-order chi connectivity index (χ0) is 20.4. The van der Waals surface area contributed by atoms with E-state index in [0.717, 1.165) is 24.8 Å². The summed E-state index contributed by atoms with van der Waals surface area (Å²) < 4.78 is 32.7. The van der Waals surface area contributed by atoms with E-state index in [2.05, 4.69) is 10.0 Å². The van der Waals surface area contributed by atoms with E-state index in [1.165, 1.54) is 19.2 Å². The van der Waals surface area contributed by atoms with Crippen molar-refractivity contribution in [2.24, 2.45) is 0 Å². The number of carbonyl (C=O) groups excluding carboxylic acids is 1. The lowest BCUT2D eigenvalue weighted by Crippen LogP contribution is -2.39. The van der Waals surface area contributed by atoms with Crippen LogP contribution < -0.4 is 14.8 Å². The number of carbonyl (C=O) groups is 1. The molecule has 1 fully saturated rings. The van der Waals surface area contributed by atoms with Crippen molar-refractivity contribution in [2.45, 2.75) is 49.5 Å². The number of nitrogens with one attached hydrogen (secondary N) is 2. The molecule has 1 saturated carbocycles. The fourth-order valence-corrected chi connectivity index (χ4v) is 4.12. The number of rotatable bonds is 8. The van der Waals surface area contributed by atoms with Gasteiger partial charge in [-0.3, -0.25) is 9.52 Å². The predicted octanol–water partition coefficient (Wildman–Crippen LogP) is 3.44. The van der Waals surface area contributed by atoms with Gasteiger partial charge in [-0.05, 0) is 68.1 Å². The van der Waals surface area contributed by atoms with Gasteiger partial charge in [0.05, 0.1) is 17.4 Å². The molecule has 0 spiro atoms. The molecule has 1 unspecified atom stereocenters. The van der Waals surface area contributed by atoms with Crippen molar-refractivity contribution in [1.82, 2.24) is 5.32 Å². The summed E-state index contributed by atoms with van der Waals surface area (Å²) in [5.41, 5.74) is 0.898. The summed E-state index contributed by atoms with van der Waals surface area (Å²) in [6.45, 7) is 4.03. The van der Waals surface area contributed by atoms with Gasteiger partial charge in [0.2, 0.25) is 5.91 Å².